The molecule has 1 aromatic rings. The molecule has 1 atom stereocenters. The van der Waals surface area contributed by atoms with Crippen LogP contribution in [0.25, 0.3) is 0 Å². The lowest BCUT2D eigenvalue weighted by Gasteiger charge is -2.15. The Hall–Kier alpha value is -1.13. The van der Waals surface area contributed by atoms with Gasteiger partial charge in [0.05, 0.1) is 12.6 Å². The van der Waals surface area contributed by atoms with Crippen molar-refractivity contribution in [1.29, 1.82) is 0 Å². The molecule has 88 valence electrons. The van der Waals surface area contributed by atoms with E-state index in [-0.39, 0.29) is 11.9 Å². The van der Waals surface area contributed by atoms with Crippen LogP contribution in [-0.4, -0.2) is 30.6 Å². The van der Waals surface area contributed by atoms with Gasteiger partial charge in [0.1, 0.15) is 5.15 Å². The van der Waals surface area contributed by atoms with Crippen molar-refractivity contribution in [3.8, 4) is 0 Å². The highest BCUT2D eigenvalue weighted by Crippen LogP contribution is 2.07. The first-order valence-corrected chi connectivity index (χ1v) is 5.46. The van der Waals surface area contributed by atoms with Crippen LogP contribution in [-0.2, 0) is 4.74 Å². The Morgan fingerprint density at radius 2 is 2.44 bits per heavy atom. The summed E-state index contributed by atoms with van der Waals surface area (Å²) >= 11 is 5.70. The second kappa shape index (κ2) is 6.45. The predicted octanol–water partition coefficient (Wildman–Crippen LogP) is 1.89. The number of amides is 1. The molecule has 4 nitrogen and oxygen atoms in total. The van der Waals surface area contributed by atoms with E-state index in [9.17, 15) is 4.79 Å². The average Bonchev–Trinajstić information content (AvgIpc) is 2.28. The van der Waals surface area contributed by atoms with Crippen molar-refractivity contribution >= 4 is 17.5 Å². The molecule has 0 saturated carbocycles. The number of pyridine rings is 1. The largest absolute Gasteiger partial charge is 0.383 e. The van der Waals surface area contributed by atoms with Crippen molar-refractivity contribution in [2.75, 3.05) is 13.7 Å². The molecule has 0 aliphatic rings. The normalized spacial score (nSPS) is 12.2. The monoisotopic (exact) mass is 242 g/mol. The molecule has 1 N–H and O–H groups in total. The summed E-state index contributed by atoms with van der Waals surface area (Å²) in [6, 6.07) is 3.18. The van der Waals surface area contributed by atoms with Crippen LogP contribution >= 0.6 is 11.6 Å². The third-order valence-electron chi connectivity index (χ3n) is 2.18. The van der Waals surface area contributed by atoms with Gasteiger partial charge in [-0.25, -0.2) is 4.98 Å². The van der Waals surface area contributed by atoms with Crippen molar-refractivity contribution in [3.63, 3.8) is 0 Å². The van der Waals surface area contributed by atoms with E-state index in [1.807, 2.05) is 6.92 Å². The minimum Gasteiger partial charge on any atom is -0.383 e. The molecule has 0 aliphatic carbocycles. The van der Waals surface area contributed by atoms with E-state index in [1.165, 1.54) is 12.3 Å². The average molecular weight is 243 g/mol. The number of methoxy groups -OCH3 is 1. The van der Waals surface area contributed by atoms with Gasteiger partial charge in [0.25, 0.3) is 5.91 Å². The molecule has 0 bridgehead atoms. The molecule has 0 spiro atoms. The molecule has 0 fully saturated rings. The first-order chi connectivity index (χ1) is 7.67. The summed E-state index contributed by atoms with van der Waals surface area (Å²) in [5.74, 6) is -0.159. The zero-order valence-electron chi connectivity index (χ0n) is 9.37. The molecule has 16 heavy (non-hydrogen) atoms. The Morgan fingerprint density at radius 1 is 1.69 bits per heavy atom. The fourth-order valence-electron chi connectivity index (χ4n) is 1.28. The highest BCUT2D eigenvalue weighted by Gasteiger charge is 2.12. The summed E-state index contributed by atoms with van der Waals surface area (Å²) in [6.07, 6.45) is 2.33. The van der Waals surface area contributed by atoms with Crippen LogP contribution in [0.5, 0.6) is 0 Å². The highest BCUT2D eigenvalue weighted by atomic mass is 35.5. The van der Waals surface area contributed by atoms with E-state index in [4.69, 9.17) is 16.3 Å². The minimum atomic E-state index is -0.159. The lowest BCUT2D eigenvalue weighted by molar-refractivity contribution is 0.0894. The Bertz CT molecular complexity index is 358. The molecular formula is C11H15ClN2O2. The van der Waals surface area contributed by atoms with Gasteiger partial charge in [-0.3, -0.25) is 4.79 Å². The topological polar surface area (TPSA) is 51.2 Å². The van der Waals surface area contributed by atoms with Crippen LogP contribution in [0.15, 0.2) is 18.3 Å². The second-order valence-electron chi connectivity index (χ2n) is 3.40. The number of carbonyl (C=O) groups excluding carboxylic acids is 1. The van der Waals surface area contributed by atoms with Crippen LogP contribution in [0.4, 0.5) is 0 Å². The fourth-order valence-corrected chi connectivity index (χ4v) is 1.45. The third kappa shape index (κ3) is 3.79. The molecule has 5 heteroatoms. The summed E-state index contributed by atoms with van der Waals surface area (Å²) in [4.78, 5) is 15.6. The van der Waals surface area contributed by atoms with Crippen molar-refractivity contribution in [1.82, 2.24) is 10.3 Å². The van der Waals surface area contributed by atoms with Gasteiger partial charge >= 0.3 is 0 Å². The zero-order valence-corrected chi connectivity index (χ0v) is 10.1. The number of carbonyl (C=O) groups is 1. The highest BCUT2D eigenvalue weighted by molar-refractivity contribution is 6.29. The van der Waals surface area contributed by atoms with Crippen LogP contribution in [0.3, 0.4) is 0 Å². The van der Waals surface area contributed by atoms with Crippen LogP contribution in [0.1, 0.15) is 23.7 Å². The van der Waals surface area contributed by atoms with Gasteiger partial charge in [-0.15, -0.1) is 0 Å². The van der Waals surface area contributed by atoms with Gasteiger partial charge in [-0.2, -0.15) is 0 Å². The van der Waals surface area contributed by atoms with Crippen LogP contribution < -0.4 is 5.32 Å². The summed E-state index contributed by atoms with van der Waals surface area (Å²) in [5, 5.41) is 3.17. The number of hydrogen-bond donors (Lipinski definition) is 1. The molecule has 1 heterocycles. The zero-order chi connectivity index (χ0) is 12.0. The van der Waals surface area contributed by atoms with E-state index >= 15 is 0 Å². The van der Waals surface area contributed by atoms with Gasteiger partial charge in [-0.1, -0.05) is 18.5 Å². The summed E-state index contributed by atoms with van der Waals surface area (Å²) < 4.78 is 5.00. The number of nitrogens with zero attached hydrogens (tertiary/aromatic N) is 1. The van der Waals surface area contributed by atoms with Gasteiger partial charge in [0, 0.05) is 18.9 Å². The number of halogens is 1. The molecule has 0 unspecified atom stereocenters. The molecule has 0 saturated heterocycles. The number of aromatic nitrogens is 1. The maximum absolute atomic E-state index is 11.8. The van der Waals surface area contributed by atoms with Crippen LogP contribution in [0.2, 0.25) is 5.15 Å². The number of rotatable bonds is 5. The van der Waals surface area contributed by atoms with Crippen molar-refractivity contribution < 1.29 is 9.53 Å². The van der Waals surface area contributed by atoms with Crippen molar-refractivity contribution in [3.05, 3.63) is 29.0 Å². The van der Waals surface area contributed by atoms with Crippen molar-refractivity contribution in [2.24, 2.45) is 0 Å². The van der Waals surface area contributed by atoms with E-state index in [2.05, 4.69) is 10.3 Å². The molecule has 1 aromatic heterocycles. The standard InChI is InChI=1S/C11H15ClN2O2/c1-3-9(7-16-2)14-11(15)8-4-5-13-10(12)6-8/h4-6,9H,3,7H2,1-2H3,(H,14,15)/t9-/m1/s1. The van der Waals surface area contributed by atoms with Gasteiger partial charge < -0.3 is 10.1 Å². The Labute approximate surface area is 100.0 Å². The molecule has 1 amide bonds. The third-order valence-corrected chi connectivity index (χ3v) is 2.39. The van der Waals surface area contributed by atoms with E-state index in [0.29, 0.717) is 17.3 Å². The Balaban J connectivity index is 2.64. The minimum absolute atomic E-state index is 0.0180. The maximum atomic E-state index is 11.8. The lowest BCUT2D eigenvalue weighted by atomic mass is 10.2. The fraction of sp³-hybridized carbons (Fsp3) is 0.455. The molecule has 0 aliphatic heterocycles. The maximum Gasteiger partial charge on any atom is 0.251 e. The van der Waals surface area contributed by atoms with Gasteiger partial charge in [0.15, 0.2) is 0 Å². The van der Waals surface area contributed by atoms with E-state index in [0.717, 1.165) is 6.42 Å². The number of hydrogen-bond acceptors (Lipinski definition) is 3. The van der Waals surface area contributed by atoms with Gasteiger partial charge in [-0.05, 0) is 18.6 Å². The summed E-state index contributed by atoms with van der Waals surface area (Å²) in [7, 11) is 1.61. The summed E-state index contributed by atoms with van der Waals surface area (Å²) in [5.41, 5.74) is 0.509. The second-order valence-corrected chi connectivity index (χ2v) is 3.79. The Kier molecular flexibility index (Phi) is 5.22. The smallest absolute Gasteiger partial charge is 0.251 e. The van der Waals surface area contributed by atoms with Crippen LogP contribution in [0, 0.1) is 0 Å². The molecular weight excluding hydrogens is 228 g/mol. The van der Waals surface area contributed by atoms with Gasteiger partial charge in [0.2, 0.25) is 0 Å². The Morgan fingerprint density at radius 3 is 3.00 bits per heavy atom. The van der Waals surface area contributed by atoms with E-state index in [1.54, 1.807) is 13.2 Å². The van der Waals surface area contributed by atoms with E-state index < -0.39 is 0 Å². The SMILES string of the molecule is CC[C@H](COC)NC(=O)c1ccnc(Cl)c1. The molecule has 0 aromatic carbocycles. The number of nitrogens with one attached hydrogen (secondary N) is 1. The first kappa shape index (κ1) is 12.9. The summed E-state index contributed by atoms with van der Waals surface area (Å²) in [6.45, 7) is 2.49. The predicted molar refractivity (Wildman–Crippen MR) is 62.7 cm³/mol. The van der Waals surface area contributed by atoms with Crippen molar-refractivity contribution in [2.45, 2.75) is 19.4 Å². The lowest BCUT2D eigenvalue weighted by Crippen LogP contribution is -2.37. The number of ether oxygens (including phenoxy) is 1. The first-order valence-electron chi connectivity index (χ1n) is 5.08. The quantitative estimate of drug-likeness (QED) is 0.803. The molecule has 1 rings (SSSR count). The molecule has 0 radical (unpaired) electrons.